The molecule has 0 radical (unpaired) electrons. The van der Waals surface area contributed by atoms with Crippen LogP contribution in [0.2, 0.25) is 0 Å². The molecule has 1 aromatic carbocycles. The number of benzene rings is 1. The van der Waals surface area contributed by atoms with E-state index in [9.17, 15) is 4.79 Å². The summed E-state index contributed by atoms with van der Waals surface area (Å²) in [5.74, 6) is 3.46. The van der Waals surface area contributed by atoms with E-state index in [4.69, 9.17) is 4.74 Å². The molecule has 0 spiro atoms. The number of allylic oxidation sites excluding steroid dienone is 2. The highest BCUT2D eigenvalue weighted by Gasteiger charge is 2.38. The van der Waals surface area contributed by atoms with Crippen LogP contribution in [-0.4, -0.2) is 50.1 Å². The first-order valence-corrected chi connectivity index (χ1v) is 9.66. The maximum atomic E-state index is 12.4. The topological polar surface area (TPSA) is 34.0 Å². The number of piperazine rings is 1. The largest absolute Gasteiger partial charge is 0.484 e. The van der Waals surface area contributed by atoms with Crippen LogP contribution in [-0.2, 0) is 4.79 Å². The van der Waals surface area contributed by atoms with Gasteiger partial charge in [-0.25, -0.2) is 0 Å². The lowest BCUT2D eigenvalue weighted by atomic mass is 9.93. The van der Waals surface area contributed by atoms with Gasteiger partial charge in [0.05, 0.1) is 32.7 Å². The quantitative estimate of drug-likeness (QED) is 0.820. The molecule has 4 nitrogen and oxygen atoms in total. The highest BCUT2D eigenvalue weighted by atomic mass is 16.5. The molecule has 0 aromatic heterocycles. The molecule has 134 valence electrons. The molecule has 2 aliphatic carbocycles. The van der Waals surface area contributed by atoms with Crippen LogP contribution in [0.1, 0.15) is 18.4 Å². The Morgan fingerprint density at radius 2 is 2.08 bits per heavy atom. The summed E-state index contributed by atoms with van der Waals surface area (Å²) in [7, 11) is 0. The number of hydrogen-bond acceptors (Lipinski definition) is 2. The zero-order valence-corrected chi connectivity index (χ0v) is 15.1. The van der Waals surface area contributed by atoms with Crippen LogP contribution in [0, 0.1) is 24.7 Å². The third kappa shape index (κ3) is 3.90. The summed E-state index contributed by atoms with van der Waals surface area (Å²) in [4.78, 5) is 16.0. The fourth-order valence-electron chi connectivity index (χ4n) is 4.72. The van der Waals surface area contributed by atoms with E-state index in [-0.39, 0.29) is 12.5 Å². The van der Waals surface area contributed by atoms with Gasteiger partial charge < -0.3 is 14.5 Å². The number of rotatable bonds is 5. The molecule has 1 N–H and O–H groups in total. The zero-order chi connectivity index (χ0) is 17.2. The number of carbonyl (C=O) groups is 1. The van der Waals surface area contributed by atoms with Gasteiger partial charge in [-0.15, -0.1) is 0 Å². The van der Waals surface area contributed by atoms with Crippen molar-refractivity contribution in [1.29, 1.82) is 0 Å². The summed E-state index contributed by atoms with van der Waals surface area (Å²) < 4.78 is 5.66. The van der Waals surface area contributed by atoms with Crippen molar-refractivity contribution in [2.75, 3.05) is 39.3 Å². The van der Waals surface area contributed by atoms with E-state index < -0.39 is 0 Å². The number of aryl methyl sites for hydroxylation is 1. The third-order valence-corrected chi connectivity index (χ3v) is 6.14. The fourth-order valence-corrected chi connectivity index (χ4v) is 4.72. The van der Waals surface area contributed by atoms with Crippen molar-refractivity contribution in [3.8, 4) is 5.75 Å². The summed E-state index contributed by atoms with van der Waals surface area (Å²) in [6.07, 6.45) is 7.64. The van der Waals surface area contributed by atoms with E-state index in [0.29, 0.717) is 0 Å². The van der Waals surface area contributed by atoms with E-state index >= 15 is 0 Å². The average molecular weight is 341 g/mol. The molecule has 3 atom stereocenters. The Hall–Kier alpha value is -1.81. The van der Waals surface area contributed by atoms with Crippen molar-refractivity contribution in [1.82, 2.24) is 4.90 Å². The molecular weight excluding hydrogens is 312 g/mol. The molecule has 1 aliphatic heterocycles. The normalized spacial score (nSPS) is 28.5. The third-order valence-electron chi connectivity index (χ3n) is 6.14. The summed E-state index contributed by atoms with van der Waals surface area (Å²) >= 11 is 0. The molecule has 1 amide bonds. The smallest absolute Gasteiger partial charge is 0.260 e. The van der Waals surface area contributed by atoms with Gasteiger partial charge in [-0.05, 0) is 49.3 Å². The number of ether oxygens (including phenoxy) is 1. The van der Waals surface area contributed by atoms with Crippen molar-refractivity contribution < 1.29 is 14.4 Å². The van der Waals surface area contributed by atoms with E-state index in [1.165, 1.54) is 19.4 Å². The molecule has 25 heavy (non-hydrogen) atoms. The lowest BCUT2D eigenvalue weighted by Gasteiger charge is -2.34. The second-order valence-electron chi connectivity index (χ2n) is 7.98. The Bertz CT molecular complexity index is 649. The molecule has 4 rings (SSSR count). The van der Waals surface area contributed by atoms with Crippen molar-refractivity contribution in [3.63, 3.8) is 0 Å². The highest BCUT2D eigenvalue weighted by molar-refractivity contribution is 5.77. The molecule has 1 saturated carbocycles. The van der Waals surface area contributed by atoms with Gasteiger partial charge in [-0.2, -0.15) is 0 Å². The molecule has 2 fully saturated rings. The SMILES string of the molecule is Cc1cccc(OCC(=O)N2CC[NH+](C[C@@H]3C[C@H]4C=C[C@H]3C4)CC2)c1. The lowest BCUT2D eigenvalue weighted by Crippen LogP contribution is -3.15. The highest BCUT2D eigenvalue weighted by Crippen LogP contribution is 2.42. The standard InChI is InChI=1S/C21H28N2O2/c1-16-3-2-4-20(11-16)25-15-21(24)23-9-7-22(8-10-23)14-19-13-17-5-6-18(19)12-17/h2-6,11,17-19H,7-10,12-15H2,1H3/p+1/t17-,18-,19-/m0/s1. The van der Waals surface area contributed by atoms with Gasteiger partial charge >= 0.3 is 0 Å². The number of amides is 1. The minimum atomic E-state index is 0.114. The molecule has 4 heteroatoms. The minimum Gasteiger partial charge on any atom is -0.484 e. The molecule has 1 saturated heterocycles. The first-order chi connectivity index (χ1) is 12.2. The van der Waals surface area contributed by atoms with Crippen LogP contribution in [0.4, 0.5) is 0 Å². The predicted molar refractivity (Wildman–Crippen MR) is 97.7 cm³/mol. The summed E-state index contributed by atoms with van der Waals surface area (Å²) in [5, 5.41) is 0. The van der Waals surface area contributed by atoms with Crippen LogP contribution in [0.5, 0.6) is 5.75 Å². The maximum absolute atomic E-state index is 12.4. The Kier molecular flexibility index (Phi) is 4.80. The van der Waals surface area contributed by atoms with Gasteiger partial charge in [-0.3, -0.25) is 4.79 Å². The average Bonchev–Trinajstić information content (AvgIpc) is 3.23. The number of hydrogen-bond donors (Lipinski definition) is 1. The first kappa shape index (κ1) is 16.6. The molecule has 1 heterocycles. The van der Waals surface area contributed by atoms with E-state index in [1.807, 2.05) is 36.1 Å². The number of quaternary nitrogens is 1. The predicted octanol–water partition coefficient (Wildman–Crippen LogP) is 1.31. The van der Waals surface area contributed by atoms with Crippen LogP contribution >= 0.6 is 0 Å². The monoisotopic (exact) mass is 341 g/mol. The van der Waals surface area contributed by atoms with Crippen LogP contribution < -0.4 is 9.64 Å². The Labute approximate surface area is 150 Å². The second kappa shape index (κ2) is 7.20. The van der Waals surface area contributed by atoms with Gasteiger partial charge in [0.25, 0.3) is 5.91 Å². The van der Waals surface area contributed by atoms with E-state index in [1.54, 1.807) is 4.90 Å². The Balaban J connectivity index is 1.20. The summed E-state index contributed by atoms with van der Waals surface area (Å²) in [6.45, 7) is 7.34. The van der Waals surface area contributed by atoms with Gasteiger partial charge in [0.1, 0.15) is 5.75 Å². The van der Waals surface area contributed by atoms with Crippen molar-refractivity contribution in [2.24, 2.45) is 17.8 Å². The Morgan fingerprint density at radius 1 is 1.24 bits per heavy atom. The second-order valence-corrected chi connectivity index (χ2v) is 7.98. The lowest BCUT2D eigenvalue weighted by molar-refractivity contribution is -0.907. The van der Waals surface area contributed by atoms with Crippen LogP contribution in [0.25, 0.3) is 0 Å². The molecule has 3 aliphatic rings. The molecule has 1 aromatic rings. The number of carbonyl (C=O) groups excluding carboxylic acids is 1. The number of nitrogens with one attached hydrogen (secondary N) is 1. The van der Waals surface area contributed by atoms with Gasteiger partial charge in [0.15, 0.2) is 6.61 Å². The van der Waals surface area contributed by atoms with E-state index in [0.717, 1.165) is 55.2 Å². The maximum Gasteiger partial charge on any atom is 0.260 e. The van der Waals surface area contributed by atoms with Crippen molar-refractivity contribution in [3.05, 3.63) is 42.0 Å². The van der Waals surface area contributed by atoms with Crippen LogP contribution in [0.15, 0.2) is 36.4 Å². The van der Waals surface area contributed by atoms with Gasteiger partial charge in [0, 0.05) is 5.92 Å². The summed E-state index contributed by atoms with van der Waals surface area (Å²) in [5.41, 5.74) is 1.15. The van der Waals surface area contributed by atoms with Crippen molar-refractivity contribution in [2.45, 2.75) is 19.8 Å². The fraction of sp³-hybridized carbons (Fsp3) is 0.571. The molecular formula is C21H29N2O2+. The molecule has 2 bridgehead atoms. The van der Waals surface area contributed by atoms with Gasteiger partial charge in [-0.1, -0.05) is 24.3 Å². The van der Waals surface area contributed by atoms with Crippen LogP contribution in [0.3, 0.4) is 0 Å². The van der Waals surface area contributed by atoms with E-state index in [2.05, 4.69) is 12.2 Å². The van der Waals surface area contributed by atoms with Gasteiger partial charge in [0.2, 0.25) is 0 Å². The zero-order valence-electron chi connectivity index (χ0n) is 15.1. The first-order valence-electron chi connectivity index (χ1n) is 9.66. The number of nitrogens with zero attached hydrogens (tertiary/aromatic N) is 1. The molecule has 0 unspecified atom stereocenters. The minimum absolute atomic E-state index is 0.114. The van der Waals surface area contributed by atoms with Crippen molar-refractivity contribution >= 4 is 5.91 Å². The summed E-state index contributed by atoms with van der Waals surface area (Å²) in [6, 6.07) is 7.87. The Morgan fingerprint density at radius 3 is 2.76 bits per heavy atom. The number of fused-ring (bicyclic) bond motifs is 2.